The van der Waals surface area contributed by atoms with Crippen LogP contribution >= 0.6 is 0 Å². The summed E-state index contributed by atoms with van der Waals surface area (Å²) in [5.74, 6) is -0.122. The van der Waals surface area contributed by atoms with E-state index in [0.717, 1.165) is 18.4 Å². The quantitative estimate of drug-likeness (QED) is 0.777. The standard InChI is InChI=1S/C12H16N2O2/c1-13-10(9-3-7-14-8-4-9)12(5-6-12)11(15)16-2/h3-4,7-8,10,13H,5-6H2,1-2H3. The van der Waals surface area contributed by atoms with E-state index in [4.69, 9.17) is 4.74 Å². The first-order valence-corrected chi connectivity index (χ1v) is 5.40. The molecule has 0 bridgehead atoms. The molecule has 1 heterocycles. The Balaban J connectivity index is 2.27. The number of nitrogens with one attached hydrogen (secondary N) is 1. The third-order valence-corrected chi connectivity index (χ3v) is 3.26. The second-order valence-corrected chi connectivity index (χ2v) is 4.15. The van der Waals surface area contributed by atoms with E-state index in [2.05, 4.69) is 10.3 Å². The van der Waals surface area contributed by atoms with Crippen molar-refractivity contribution in [3.63, 3.8) is 0 Å². The number of hydrogen-bond acceptors (Lipinski definition) is 4. The van der Waals surface area contributed by atoms with Crippen molar-refractivity contribution in [1.29, 1.82) is 0 Å². The molecular formula is C12H16N2O2. The average molecular weight is 220 g/mol. The van der Waals surface area contributed by atoms with Gasteiger partial charge in [0.15, 0.2) is 0 Å². The van der Waals surface area contributed by atoms with Crippen LogP contribution in [0, 0.1) is 5.41 Å². The van der Waals surface area contributed by atoms with E-state index in [1.54, 1.807) is 12.4 Å². The van der Waals surface area contributed by atoms with Gasteiger partial charge in [0.2, 0.25) is 0 Å². The van der Waals surface area contributed by atoms with Crippen LogP contribution in [0.5, 0.6) is 0 Å². The van der Waals surface area contributed by atoms with Crippen molar-refractivity contribution in [1.82, 2.24) is 10.3 Å². The van der Waals surface area contributed by atoms with Gasteiger partial charge in [-0.1, -0.05) is 0 Å². The van der Waals surface area contributed by atoms with E-state index >= 15 is 0 Å². The van der Waals surface area contributed by atoms with E-state index in [-0.39, 0.29) is 17.4 Å². The lowest BCUT2D eigenvalue weighted by Gasteiger charge is -2.24. The minimum absolute atomic E-state index is 0.0166. The Morgan fingerprint density at radius 1 is 1.50 bits per heavy atom. The zero-order valence-electron chi connectivity index (χ0n) is 9.56. The normalized spacial score (nSPS) is 18.9. The highest BCUT2D eigenvalue weighted by atomic mass is 16.5. The number of rotatable bonds is 4. The van der Waals surface area contributed by atoms with Crippen molar-refractivity contribution in [3.8, 4) is 0 Å². The van der Waals surface area contributed by atoms with Gasteiger partial charge in [0.25, 0.3) is 0 Å². The second kappa shape index (κ2) is 4.22. The first-order valence-electron chi connectivity index (χ1n) is 5.40. The minimum atomic E-state index is -0.370. The Hall–Kier alpha value is -1.42. The second-order valence-electron chi connectivity index (χ2n) is 4.15. The molecule has 0 saturated heterocycles. The first-order chi connectivity index (χ1) is 7.74. The largest absolute Gasteiger partial charge is 0.469 e. The smallest absolute Gasteiger partial charge is 0.313 e. The number of methoxy groups -OCH3 is 1. The van der Waals surface area contributed by atoms with E-state index < -0.39 is 0 Å². The molecule has 1 aliphatic rings. The number of pyridine rings is 1. The van der Waals surface area contributed by atoms with Crippen molar-refractivity contribution >= 4 is 5.97 Å². The molecular weight excluding hydrogens is 204 g/mol. The number of esters is 1. The molecule has 1 unspecified atom stereocenters. The lowest BCUT2D eigenvalue weighted by atomic mass is 9.91. The van der Waals surface area contributed by atoms with Gasteiger partial charge in [-0.05, 0) is 37.6 Å². The molecule has 1 aromatic heterocycles. The molecule has 0 radical (unpaired) electrons. The third kappa shape index (κ3) is 1.69. The summed E-state index contributed by atoms with van der Waals surface area (Å²) in [6, 6.07) is 3.89. The minimum Gasteiger partial charge on any atom is -0.469 e. The highest BCUT2D eigenvalue weighted by Crippen LogP contribution is 2.55. The van der Waals surface area contributed by atoms with Crippen LogP contribution in [-0.2, 0) is 9.53 Å². The van der Waals surface area contributed by atoms with Crippen molar-refractivity contribution < 1.29 is 9.53 Å². The SMILES string of the molecule is CNC(c1ccncc1)C1(C(=O)OC)CC1. The average Bonchev–Trinajstić information content (AvgIpc) is 3.12. The Morgan fingerprint density at radius 3 is 2.56 bits per heavy atom. The van der Waals surface area contributed by atoms with Crippen LogP contribution in [0.1, 0.15) is 24.4 Å². The summed E-state index contributed by atoms with van der Waals surface area (Å²) in [5.41, 5.74) is 0.714. The summed E-state index contributed by atoms with van der Waals surface area (Å²) in [6.45, 7) is 0. The summed E-state index contributed by atoms with van der Waals surface area (Å²) in [6.07, 6.45) is 5.25. The summed E-state index contributed by atoms with van der Waals surface area (Å²) < 4.78 is 4.89. The zero-order valence-corrected chi connectivity index (χ0v) is 9.56. The van der Waals surface area contributed by atoms with E-state index in [9.17, 15) is 4.79 Å². The molecule has 0 spiro atoms. The molecule has 0 amide bonds. The third-order valence-electron chi connectivity index (χ3n) is 3.26. The van der Waals surface area contributed by atoms with Crippen molar-refractivity contribution in [2.75, 3.05) is 14.2 Å². The van der Waals surface area contributed by atoms with Crippen LogP contribution in [-0.4, -0.2) is 25.1 Å². The van der Waals surface area contributed by atoms with Gasteiger partial charge in [0.1, 0.15) is 0 Å². The van der Waals surface area contributed by atoms with Gasteiger partial charge in [-0.3, -0.25) is 9.78 Å². The highest BCUT2D eigenvalue weighted by molar-refractivity contribution is 5.81. The molecule has 16 heavy (non-hydrogen) atoms. The molecule has 1 fully saturated rings. The molecule has 0 aromatic carbocycles. The molecule has 1 saturated carbocycles. The first kappa shape index (κ1) is 11.1. The van der Waals surface area contributed by atoms with Gasteiger partial charge >= 0.3 is 5.97 Å². The van der Waals surface area contributed by atoms with Gasteiger partial charge < -0.3 is 10.1 Å². The Kier molecular flexibility index (Phi) is 2.92. The fraction of sp³-hybridized carbons (Fsp3) is 0.500. The molecule has 4 nitrogen and oxygen atoms in total. The molecule has 86 valence electrons. The summed E-state index contributed by atoms with van der Waals surface area (Å²) in [4.78, 5) is 15.8. The monoisotopic (exact) mass is 220 g/mol. The molecule has 4 heteroatoms. The number of ether oxygens (including phenoxy) is 1. The summed E-state index contributed by atoms with van der Waals surface area (Å²) >= 11 is 0. The van der Waals surface area contributed by atoms with E-state index in [1.165, 1.54) is 7.11 Å². The molecule has 1 atom stereocenters. The maximum atomic E-state index is 11.8. The number of carbonyl (C=O) groups excluding carboxylic acids is 1. The lowest BCUT2D eigenvalue weighted by Crippen LogP contribution is -2.33. The van der Waals surface area contributed by atoms with Crippen molar-refractivity contribution in [2.24, 2.45) is 5.41 Å². The predicted molar refractivity (Wildman–Crippen MR) is 59.7 cm³/mol. The topological polar surface area (TPSA) is 51.2 Å². The molecule has 1 aromatic rings. The maximum absolute atomic E-state index is 11.8. The van der Waals surface area contributed by atoms with Crippen LogP contribution in [0.3, 0.4) is 0 Å². The number of hydrogen-bond donors (Lipinski definition) is 1. The van der Waals surface area contributed by atoms with E-state index in [0.29, 0.717) is 0 Å². The molecule has 0 aliphatic heterocycles. The van der Waals surface area contributed by atoms with Crippen LogP contribution in [0.4, 0.5) is 0 Å². The molecule has 2 rings (SSSR count). The van der Waals surface area contributed by atoms with Gasteiger partial charge in [0.05, 0.1) is 12.5 Å². The van der Waals surface area contributed by atoms with Gasteiger partial charge in [-0.15, -0.1) is 0 Å². The van der Waals surface area contributed by atoms with E-state index in [1.807, 2.05) is 19.2 Å². The fourth-order valence-electron chi connectivity index (χ4n) is 2.27. The Morgan fingerprint density at radius 2 is 2.12 bits per heavy atom. The van der Waals surface area contributed by atoms with Crippen LogP contribution in [0.2, 0.25) is 0 Å². The maximum Gasteiger partial charge on any atom is 0.313 e. The summed E-state index contributed by atoms with van der Waals surface area (Å²) in [7, 11) is 3.32. The van der Waals surface area contributed by atoms with Crippen LogP contribution < -0.4 is 5.32 Å². The predicted octanol–water partition coefficient (Wildman–Crippen LogP) is 1.30. The Bertz CT molecular complexity index is 374. The van der Waals surface area contributed by atoms with Crippen molar-refractivity contribution in [2.45, 2.75) is 18.9 Å². The molecule has 1 aliphatic carbocycles. The van der Waals surface area contributed by atoms with Crippen LogP contribution in [0.25, 0.3) is 0 Å². The van der Waals surface area contributed by atoms with Crippen molar-refractivity contribution in [3.05, 3.63) is 30.1 Å². The number of carbonyl (C=O) groups is 1. The van der Waals surface area contributed by atoms with Gasteiger partial charge in [0, 0.05) is 18.4 Å². The number of aromatic nitrogens is 1. The summed E-state index contributed by atoms with van der Waals surface area (Å²) in [5, 5.41) is 3.21. The zero-order chi connectivity index (χ0) is 11.6. The fourth-order valence-corrected chi connectivity index (χ4v) is 2.27. The molecule has 1 N–H and O–H groups in total. The van der Waals surface area contributed by atoms with Crippen LogP contribution in [0.15, 0.2) is 24.5 Å². The highest BCUT2D eigenvalue weighted by Gasteiger charge is 2.56. The number of nitrogens with zero attached hydrogens (tertiary/aromatic N) is 1. The van der Waals surface area contributed by atoms with Gasteiger partial charge in [-0.2, -0.15) is 0 Å². The van der Waals surface area contributed by atoms with Gasteiger partial charge in [-0.25, -0.2) is 0 Å². The Labute approximate surface area is 95.0 Å². The lowest BCUT2D eigenvalue weighted by molar-refractivity contribution is -0.148.